The van der Waals surface area contributed by atoms with Crippen molar-refractivity contribution in [1.82, 2.24) is 20.8 Å². The molecule has 1 aromatic carbocycles. The zero-order chi connectivity index (χ0) is 17.5. The first-order valence-electron chi connectivity index (χ1n) is 7.69. The van der Waals surface area contributed by atoms with Crippen molar-refractivity contribution in [2.75, 3.05) is 6.54 Å². The molecule has 126 valence electrons. The van der Waals surface area contributed by atoms with Gasteiger partial charge < -0.3 is 15.2 Å². The zero-order valence-corrected chi connectivity index (χ0v) is 13.3. The van der Waals surface area contributed by atoms with E-state index in [0.29, 0.717) is 12.3 Å². The van der Waals surface area contributed by atoms with Gasteiger partial charge in [0.2, 0.25) is 5.91 Å². The lowest BCUT2D eigenvalue weighted by Crippen LogP contribution is -2.36. The first-order chi connectivity index (χ1) is 12.2. The van der Waals surface area contributed by atoms with Crippen LogP contribution in [0.15, 0.2) is 65.3 Å². The van der Waals surface area contributed by atoms with Crippen LogP contribution in [0.5, 0.6) is 0 Å². The molecule has 2 N–H and O–H groups in total. The van der Waals surface area contributed by atoms with Crippen molar-refractivity contribution in [2.45, 2.75) is 6.54 Å². The number of nitrogens with zero attached hydrogens (tertiary/aromatic N) is 2. The first kappa shape index (κ1) is 16.4. The van der Waals surface area contributed by atoms with Crippen LogP contribution < -0.4 is 10.6 Å². The van der Waals surface area contributed by atoms with Crippen molar-refractivity contribution in [3.05, 3.63) is 72.2 Å². The topological polar surface area (TPSA) is 97.1 Å². The zero-order valence-electron chi connectivity index (χ0n) is 13.3. The molecule has 0 aliphatic rings. The van der Waals surface area contributed by atoms with Gasteiger partial charge in [0.05, 0.1) is 18.8 Å². The van der Waals surface area contributed by atoms with Gasteiger partial charge >= 0.3 is 0 Å². The van der Waals surface area contributed by atoms with Gasteiger partial charge in [0.15, 0.2) is 11.5 Å². The monoisotopic (exact) mass is 336 g/mol. The van der Waals surface area contributed by atoms with Gasteiger partial charge in [-0.2, -0.15) is 0 Å². The molecule has 0 aliphatic heterocycles. The average Bonchev–Trinajstić information content (AvgIpc) is 3.16. The SMILES string of the molecule is O=C(CNC(=O)c1cc(-c2ccccc2)on1)NCc1ccccn1. The number of pyridine rings is 1. The fourth-order valence-electron chi connectivity index (χ4n) is 2.13. The molecule has 0 saturated heterocycles. The van der Waals surface area contributed by atoms with Gasteiger partial charge in [-0.05, 0) is 12.1 Å². The Morgan fingerprint density at radius 1 is 1.00 bits per heavy atom. The van der Waals surface area contributed by atoms with Crippen LogP contribution in [0, 0.1) is 0 Å². The minimum atomic E-state index is -0.473. The molecule has 0 atom stereocenters. The minimum absolute atomic E-state index is 0.122. The molecule has 0 bridgehead atoms. The van der Waals surface area contributed by atoms with Crippen molar-refractivity contribution in [3.63, 3.8) is 0 Å². The Balaban J connectivity index is 1.49. The Hall–Kier alpha value is -3.48. The lowest BCUT2D eigenvalue weighted by molar-refractivity contribution is -0.120. The van der Waals surface area contributed by atoms with Crippen molar-refractivity contribution in [2.24, 2.45) is 0 Å². The van der Waals surface area contributed by atoms with Crippen molar-refractivity contribution < 1.29 is 14.1 Å². The van der Waals surface area contributed by atoms with Crippen LogP contribution in [-0.4, -0.2) is 28.5 Å². The lowest BCUT2D eigenvalue weighted by atomic mass is 10.1. The van der Waals surface area contributed by atoms with E-state index in [1.807, 2.05) is 36.4 Å². The van der Waals surface area contributed by atoms with Gasteiger partial charge in [0.25, 0.3) is 5.91 Å². The van der Waals surface area contributed by atoms with E-state index in [0.717, 1.165) is 11.3 Å². The Labute approximate surface area is 144 Å². The molecule has 0 saturated carbocycles. The van der Waals surface area contributed by atoms with Crippen LogP contribution in [0.25, 0.3) is 11.3 Å². The summed E-state index contributed by atoms with van der Waals surface area (Å²) in [4.78, 5) is 27.9. The van der Waals surface area contributed by atoms with Crippen LogP contribution >= 0.6 is 0 Å². The van der Waals surface area contributed by atoms with Gasteiger partial charge in [0, 0.05) is 17.8 Å². The molecular weight excluding hydrogens is 320 g/mol. The molecular formula is C18H16N4O3. The minimum Gasteiger partial charge on any atom is -0.355 e. The highest BCUT2D eigenvalue weighted by molar-refractivity contribution is 5.95. The van der Waals surface area contributed by atoms with Crippen LogP contribution in [-0.2, 0) is 11.3 Å². The second kappa shape index (κ2) is 7.87. The van der Waals surface area contributed by atoms with Crippen LogP contribution in [0.4, 0.5) is 0 Å². The third-order valence-corrected chi connectivity index (χ3v) is 3.40. The number of carbonyl (C=O) groups excluding carboxylic acids is 2. The van der Waals surface area contributed by atoms with E-state index in [1.54, 1.807) is 18.3 Å². The van der Waals surface area contributed by atoms with E-state index in [2.05, 4.69) is 20.8 Å². The van der Waals surface area contributed by atoms with Crippen LogP contribution in [0.2, 0.25) is 0 Å². The highest BCUT2D eigenvalue weighted by Crippen LogP contribution is 2.19. The van der Waals surface area contributed by atoms with Crippen molar-refractivity contribution in [1.29, 1.82) is 0 Å². The summed E-state index contributed by atoms with van der Waals surface area (Å²) in [5.74, 6) is -0.296. The predicted molar refractivity (Wildman–Crippen MR) is 90.4 cm³/mol. The van der Waals surface area contributed by atoms with Crippen molar-refractivity contribution >= 4 is 11.8 Å². The van der Waals surface area contributed by atoms with E-state index in [-0.39, 0.29) is 18.1 Å². The van der Waals surface area contributed by atoms with E-state index in [9.17, 15) is 9.59 Å². The average molecular weight is 336 g/mol. The molecule has 25 heavy (non-hydrogen) atoms. The standard InChI is InChI=1S/C18H16N4O3/c23-17(20-11-14-8-4-5-9-19-14)12-21-18(24)15-10-16(25-22-15)13-6-2-1-3-7-13/h1-10H,11-12H2,(H,20,23)(H,21,24). The number of amides is 2. The number of aromatic nitrogens is 2. The largest absolute Gasteiger partial charge is 0.355 e. The molecule has 0 spiro atoms. The quantitative estimate of drug-likeness (QED) is 0.715. The van der Waals surface area contributed by atoms with Crippen LogP contribution in [0.3, 0.4) is 0 Å². The molecule has 3 rings (SSSR count). The van der Waals surface area contributed by atoms with E-state index < -0.39 is 5.91 Å². The first-order valence-corrected chi connectivity index (χ1v) is 7.69. The number of carbonyl (C=O) groups is 2. The highest BCUT2D eigenvalue weighted by Gasteiger charge is 2.14. The fourth-order valence-corrected chi connectivity index (χ4v) is 2.13. The summed E-state index contributed by atoms with van der Waals surface area (Å²) in [5, 5.41) is 8.92. The van der Waals surface area contributed by atoms with Crippen molar-refractivity contribution in [3.8, 4) is 11.3 Å². The van der Waals surface area contributed by atoms with Gasteiger partial charge in [-0.15, -0.1) is 0 Å². The number of rotatable bonds is 6. The number of hydrogen-bond donors (Lipinski definition) is 2. The molecule has 0 unspecified atom stereocenters. The third kappa shape index (κ3) is 4.51. The summed E-state index contributed by atoms with van der Waals surface area (Å²) in [6.07, 6.45) is 1.65. The van der Waals surface area contributed by atoms with Gasteiger partial charge in [-0.3, -0.25) is 14.6 Å². The Morgan fingerprint density at radius 3 is 2.56 bits per heavy atom. The Kier molecular flexibility index (Phi) is 5.16. The molecule has 0 fully saturated rings. The summed E-state index contributed by atoms with van der Waals surface area (Å²) < 4.78 is 5.16. The summed E-state index contributed by atoms with van der Waals surface area (Å²) in [7, 11) is 0. The summed E-state index contributed by atoms with van der Waals surface area (Å²) in [5.41, 5.74) is 1.68. The van der Waals surface area contributed by atoms with E-state index in [4.69, 9.17) is 4.52 Å². The second-order valence-electron chi connectivity index (χ2n) is 5.22. The van der Waals surface area contributed by atoms with Gasteiger partial charge in [-0.25, -0.2) is 0 Å². The number of hydrogen-bond acceptors (Lipinski definition) is 5. The molecule has 2 aromatic heterocycles. The predicted octanol–water partition coefficient (Wildman–Crippen LogP) is 1.78. The Bertz CT molecular complexity index is 847. The molecule has 2 amide bonds. The summed E-state index contributed by atoms with van der Waals surface area (Å²) in [6, 6.07) is 16.3. The fraction of sp³-hybridized carbons (Fsp3) is 0.111. The molecule has 7 nitrogen and oxygen atoms in total. The van der Waals surface area contributed by atoms with E-state index in [1.165, 1.54) is 6.07 Å². The maximum absolute atomic E-state index is 12.0. The lowest BCUT2D eigenvalue weighted by Gasteiger charge is -2.05. The van der Waals surface area contributed by atoms with Crippen LogP contribution in [0.1, 0.15) is 16.2 Å². The number of nitrogens with one attached hydrogen (secondary N) is 2. The molecule has 7 heteroatoms. The normalized spacial score (nSPS) is 10.2. The maximum Gasteiger partial charge on any atom is 0.273 e. The summed E-state index contributed by atoms with van der Waals surface area (Å²) >= 11 is 0. The highest BCUT2D eigenvalue weighted by atomic mass is 16.5. The molecule has 2 heterocycles. The third-order valence-electron chi connectivity index (χ3n) is 3.40. The molecule has 0 aliphatic carbocycles. The molecule has 3 aromatic rings. The smallest absolute Gasteiger partial charge is 0.273 e. The second-order valence-corrected chi connectivity index (χ2v) is 5.22. The van der Waals surface area contributed by atoms with E-state index >= 15 is 0 Å². The summed E-state index contributed by atoms with van der Waals surface area (Å²) in [6.45, 7) is 0.150. The number of benzene rings is 1. The Morgan fingerprint density at radius 2 is 1.80 bits per heavy atom. The van der Waals surface area contributed by atoms with Gasteiger partial charge in [0.1, 0.15) is 0 Å². The molecule has 0 radical (unpaired) electrons. The maximum atomic E-state index is 12.0. The van der Waals surface area contributed by atoms with Gasteiger partial charge in [-0.1, -0.05) is 41.6 Å².